The molecule has 0 spiro atoms. The Kier molecular flexibility index (Phi) is 51.3. The van der Waals surface area contributed by atoms with E-state index in [0.717, 1.165) is 77.0 Å². The van der Waals surface area contributed by atoms with E-state index < -0.39 is 6.10 Å². The second kappa shape index (κ2) is 53.2. The van der Waals surface area contributed by atoms with Gasteiger partial charge >= 0.3 is 17.9 Å². The maximum atomic E-state index is 12.8. The molecular formula is C58H106O6. The number of hydrogen-bond donors (Lipinski definition) is 0. The molecular weight excluding hydrogens is 793 g/mol. The highest BCUT2D eigenvalue weighted by Crippen LogP contribution is 2.16. The zero-order valence-corrected chi connectivity index (χ0v) is 42.8. The lowest BCUT2D eigenvalue weighted by atomic mass is 10.1. The van der Waals surface area contributed by atoms with Crippen molar-refractivity contribution in [2.75, 3.05) is 13.2 Å². The van der Waals surface area contributed by atoms with Gasteiger partial charge in [-0.2, -0.15) is 0 Å². The summed E-state index contributed by atoms with van der Waals surface area (Å²) in [6.07, 6.45) is 62.7. The molecule has 1 atom stereocenters. The molecule has 6 nitrogen and oxygen atoms in total. The van der Waals surface area contributed by atoms with Gasteiger partial charge in [-0.05, 0) is 77.0 Å². The summed E-state index contributed by atoms with van der Waals surface area (Å²) in [4.78, 5) is 38.0. The van der Waals surface area contributed by atoms with Crippen molar-refractivity contribution in [1.29, 1.82) is 0 Å². The summed E-state index contributed by atoms with van der Waals surface area (Å²) in [6, 6.07) is 0. The fourth-order valence-corrected chi connectivity index (χ4v) is 8.12. The Balaban J connectivity index is 4.34. The first kappa shape index (κ1) is 61.6. The number of esters is 3. The van der Waals surface area contributed by atoms with Crippen LogP contribution >= 0.6 is 0 Å². The van der Waals surface area contributed by atoms with Crippen molar-refractivity contribution >= 4 is 17.9 Å². The highest BCUT2D eigenvalue weighted by Gasteiger charge is 2.19. The molecule has 374 valence electrons. The first-order chi connectivity index (χ1) is 31.5. The van der Waals surface area contributed by atoms with E-state index in [1.807, 2.05) is 0 Å². The van der Waals surface area contributed by atoms with Gasteiger partial charge in [0.05, 0.1) is 0 Å². The maximum Gasteiger partial charge on any atom is 0.306 e. The van der Waals surface area contributed by atoms with Crippen molar-refractivity contribution in [1.82, 2.24) is 0 Å². The van der Waals surface area contributed by atoms with Crippen molar-refractivity contribution < 1.29 is 28.6 Å². The zero-order valence-electron chi connectivity index (χ0n) is 42.8. The fourth-order valence-electron chi connectivity index (χ4n) is 8.12. The summed E-state index contributed by atoms with van der Waals surface area (Å²) in [6.45, 7) is 6.62. The van der Waals surface area contributed by atoms with Crippen LogP contribution in [0, 0.1) is 0 Å². The Morgan fingerprint density at radius 3 is 0.906 bits per heavy atom. The number of rotatable bonds is 51. The van der Waals surface area contributed by atoms with E-state index in [9.17, 15) is 14.4 Å². The molecule has 1 unspecified atom stereocenters. The van der Waals surface area contributed by atoms with Gasteiger partial charge in [-0.1, -0.05) is 237 Å². The Morgan fingerprint density at radius 1 is 0.312 bits per heavy atom. The molecule has 0 bridgehead atoms. The average molecular weight is 899 g/mol. The molecule has 0 rings (SSSR count). The molecule has 0 aliphatic heterocycles. The van der Waals surface area contributed by atoms with Gasteiger partial charge in [0.1, 0.15) is 13.2 Å². The first-order valence-corrected chi connectivity index (χ1v) is 28.0. The second-order valence-electron chi connectivity index (χ2n) is 18.8. The van der Waals surface area contributed by atoms with Gasteiger partial charge in [-0.25, -0.2) is 0 Å². The summed E-state index contributed by atoms with van der Waals surface area (Å²) in [5.41, 5.74) is 0. The fraction of sp³-hybridized carbons (Fsp3) is 0.845. The summed E-state index contributed by atoms with van der Waals surface area (Å²) < 4.78 is 16.8. The molecule has 0 aromatic rings. The Hall–Kier alpha value is -2.37. The van der Waals surface area contributed by atoms with Crippen molar-refractivity contribution in [3.63, 3.8) is 0 Å². The van der Waals surface area contributed by atoms with Gasteiger partial charge < -0.3 is 14.2 Å². The molecule has 0 saturated carbocycles. The zero-order chi connectivity index (χ0) is 46.5. The largest absolute Gasteiger partial charge is 0.462 e. The third-order valence-corrected chi connectivity index (χ3v) is 12.4. The normalized spacial score (nSPS) is 12.2. The molecule has 0 amide bonds. The Bertz CT molecular complexity index is 1080. The summed E-state index contributed by atoms with van der Waals surface area (Å²) in [5.74, 6) is -0.878. The lowest BCUT2D eigenvalue weighted by Crippen LogP contribution is -2.30. The lowest BCUT2D eigenvalue weighted by Gasteiger charge is -2.18. The number of ether oxygens (including phenoxy) is 3. The second-order valence-corrected chi connectivity index (χ2v) is 18.8. The molecule has 0 aromatic carbocycles. The van der Waals surface area contributed by atoms with E-state index in [1.165, 1.54) is 180 Å². The van der Waals surface area contributed by atoms with Crippen LogP contribution in [0.4, 0.5) is 0 Å². The Labute approximate surface area is 397 Å². The summed E-state index contributed by atoms with van der Waals surface area (Å²) >= 11 is 0. The molecule has 64 heavy (non-hydrogen) atoms. The standard InChI is InChI=1S/C58H106O6/c1-4-7-10-13-16-19-22-24-26-28-30-31-33-36-39-42-45-48-51-57(60)63-54-55(53-62-56(59)50-47-44-41-38-35-21-18-15-12-9-6-3)64-58(61)52-49-46-43-40-37-34-32-29-27-25-23-20-17-14-11-8-5-2/h17,20,25,27,30-31,55H,4-16,18-19,21-24,26,28-29,32-54H2,1-3H3/b20-17-,27-25-,31-30-. The van der Waals surface area contributed by atoms with Crippen LogP contribution in [-0.4, -0.2) is 37.2 Å². The number of carbonyl (C=O) groups excluding carboxylic acids is 3. The van der Waals surface area contributed by atoms with Crippen molar-refractivity contribution in [2.45, 2.75) is 303 Å². The molecule has 0 N–H and O–H groups in total. The maximum absolute atomic E-state index is 12.8. The SMILES string of the molecule is CCCCC/C=C\C/C=C\CCCCCCCCCC(=O)OC(COC(=O)CCCCCCC/C=C\CCCCCCCCCCC)COC(=O)CCCCCCCCCCCCC. The summed E-state index contributed by atoms with van der Waals surface area (Å²) in [5, 5.41) is 0. The molecule has 0 heterocycles. The smallest absolute Gasteiger partial charge is 0.306 e. The van der Waals surface area contributed by atoms with Crippen molar-refractivity contribution in [2.24, 2.45) is 0 Å². The minimum Gasteiger partial charge on any atom is -0.462 e. The number of hydrogen-bond acceptors (Lipinski definition) is 6. The van der Waals surface area contributed by atoms with E-state index in [1.54, 1.807) is 0 Å². The van der Waals surface area contributed by atoms with Gasteiger partial charge in [0, 0.05) is 19.3 Å². The monoisotopic (exact) mass is 899 g/mol. The van der Waals surface area contributed by atoms with Crippen LogP contribution in [-0.2, 0) is 28.6 Å². The predicted molar refractivity (Wildman–Crippen MR) is 275 cm³/mol. The van der Waals surface area contributed by atoms with Gasteiger partial charge in [0.25, 0.3) is 0 Å². The van der Waals surface area contributed by atoms with E-state index in [-0.39, 0.29) is 31.1 Å². The van der Waals surface area contributed by atoms with Crippen LogP contribution in [0.15, 0.2) is 36.5 Å². The summed E-state index contributed by atoms with van der Waals surface area (Å²) in [7, 11) is 0. The van der Waals surface area contributed by atoms with Crippen LogP contribution in [0.5, 0.6) is 0 Å². The first-order valence-electron chi connectivity index (χ1n) is 28.0. The van der Waals surface area contributed by atoms with Gasteiger partial charge in [0.2, 0.25) is 0 Å². The molecule has 0 radical (unpaired) electrons. The Morgan fingerprint density at radius 2 is 0.562 bits per heavy atom. The predicted octanol–water partition coefficient (Wildman–Crippen LogP) is 18.5. The average Bonchev–Trinajstić information content (AvgIpc) is 3.29. The highest BCUT2D eigenvalue weighted by molar-refractivity contribution is 5.71. The van der Waals surface area contributed by atoms with E-state index in [2.05, 4.69) is 57.2 Å². The van der Waals surface area contributed by atoms with Crippen molar-refractivity contribution in [3.05, 3.63) is 36.5 Å². The molecule has 0 aliphatic carbocycles. The molecule has 0 saturated heterocycles. The number of carbonyl (C=O) groups is 3. The third-order valence-electron chi connectivity index (χ3n) is 12.4. The van der Waals surface area contributed by atoms with Crippen LogP contribution in [0.2, 0.25) is 0 Å². The van der Waals surface area contributed by atoms with Crippen molar-refractivity contribution in [3.8, 4) is 0 Å². The number of allylic oxidation sites excluding steroid dienone is 6. The number of unbranched alkanes of at least 4 members (excludes halogenated alkanes) is 34. The van der Waals surface area contributed by atoms with Crippen LogP contribution in [0.3, 0.4) is 0 Å². The van der Waals surface area contributed by atoms with Crippen LogP contribution in [0.25, 0.3) is 0 Å². The topological polar surface area (TPSA) is 78.9 Å². The lowest BCUT2D eigenvalue weighted by molar-refractivity contribution is -0.167. The molecule has 0 aromatic heterocycles. The molecule has 0 aliphatic rings. The van der Waals surface area contributed by atoms with Crippen LogP contribution < -0.4 is 0 Å². The van der Waals surface area contributed by atoms with E-state index in [4.69, 9.17) is 14.2 Å². The molecule has 6 heteroatoms. The van der Waals surface area contributed by atoms with Gasteiger partial charge in [-0.3, -0.25) is 14.4 Å². The van der Waals surface area contributed by atoms with Gasteiger partial charge in [-0.15, -0.1) is 0 Å². The van der Waals surface area contributed by atoms with Gasteiger partial charge in [0.15, 0.2) is 6.10 Å². The van der Waals surface area contributed by atoms with Crippen LogP contribution in [0.1, 0.15) is 297 Å². The quantitative estimate of drug-likeness (QED) is 0.0262. The van der Waals surface area contributed by atoms with E-state index >= 15 is 0 Å². The van der Waals surface area contributed by atoms with E-state index in [0.29, 0.717) is 19.3 Å². The molecule has 0 fully saturated rings. The minimum absolute atomic E-state index is 0.0749. The highest BCUT2D eigenvalue weighted by atomic mass is 16.6. The third kappa shape index (κ3) is 50.6. The minimum atomic E-state index is -0.776.